The van der Waals surface area contributed by atoms with Gasteiger partial charge in [0.2, 0.25) is 5.91 Å². The lowest BCUT2D eigenvalue weighted by atomic mass is 10.1. The van der Waals surface area contributed by atoms with E-state index in [0.29, 0.717) is 30.1 Å². The lowest BCUT2D eigenvalue weighted by Gasteiger charge is -2.41. The maximum atomic E-state index is 13.3. The summed E-state index contributed by atoms with van der Waals surface area (Å²) in [5.41, 5.74) is 7.12. The van der Waals surface area contributed by atoms with Crippen molar-refractivity contribution in [3.05, 3.63) is 89.0 Å². The van der Waals surface area contributed by atoms with E-state index in [4.69, 9.17) is 0 Å². The third-order valence-electron chi connectivity index (χ3n) is 7.25. The number of hydrogen-bond acceptors (Lipinski definition) is 5. The Bertz CT molecular complexity index is 1290. The Morgan fingerprint density at radius 1 is 1.00 bits per heavy atom. The van der Waals surface area contributed by atoms with Crippen LogP contribution in [-0.2, 0) is 10.5 Å². The molecule has 2 amide bonds. The van der Waals surface area contributed by atoms with Gasteiger partial charge in [-0.05, 0) is 62.2 Å². The van der Waals surface area contributed by atoms with Gasteiger partial charge in [0, 0.05) is 48.4 Å². The Morgan fingerprint density at radius 3 is 2.54 bits per heavy atom. The van der Waals surface area contributed by atoms with Gasteiger partial charge in [0.05, 0.1) is 11.4 Å². The maximum Gasteiger partial charge on any atom is 0.254 e. The van der Waals surface area contributed by atoms with Crippen molar-refractivity contribution >= 4 is 40.6 Å². The Labute approximate surface area is 223 Å². The first kappa shape index (κ1) is 25.2. The number of amides is 2. The number of carbonyl (C=O) groups is 2. The molecule has 1 fully saturated rings. The first-order chi connectivity index (χ1) is 17.9. The molecule has 192 valence electrons. The molecular weight excluding hydrogens is 480 g/mol. The smallest absolute Gasteiger partial charge is 0.254 e. The van der Waals surface area contributed by atoms with Crippen molar-refractivity contribution in [2.45, 2.75) is 38.6 Å². The minimum Gasteiger partial charge on any atom is -0.371 e. The molecule has 2 unspecified atom stereocenters. The van der Waals surface area contributed by atoms with E-state index >= 15 is 0 Å². The highest BCUT2D eigenvalue weighted by molar-refractivity contribution is 7.98. The molecule has 0 bridgehead atoms. The number of benzene rings is 3. The normalized spacial score (nSPS) is 19.2. The van der Waals surface area contributed by atoms with Gasteiger partial charge in [0.25, 0.3) is 5.91 Å². The molecule has 2 aliphatic heterocycles. The highest BCUT2D eigenvalue weighted by Crippen LogP contribution is 2.30. The summed E-state index contributed by atoms with van der Waals surface area (Å²) >= 11 is 1.74. The van der Waals surface area contributed by atoms with E-state index in [9.17, 15) is 9.59 Å². The molecule has 0 aliphatic carbocycles. The molecule has 1 saturated heterocycles. The molecule has 37 heavy (non-hydrogen) atoms. The summed E-state index contributed by atoms with van der Waals surface area (Å²) in [6.07, 6.45) is 0. The zero-order chi connectivity index (χ0) is 25.9. The Hall–Kier alpha value is -3.45. The molecule has 2 N–H and O–H groups in total. The van der Waals surface area contributed by atoms with E-state index in [-0.39, 0.29) is 23.9 Å². The van der Waals surface area contributed by atoms with Crippen LogP contribution in [0.2, 0.25) is 0 Å². The van der Waals surface area contributed by atoms with E-state index in [0.717, 1.165) is 18.0 Å². The van der Waals surface area contributed by atoms with Gasteiger partial charge in [0.15, 0.2) is 0 Å². The van der Waals surface area contributed by atoms with Gasteiger partial charge in [0.1, 0.15) is 6.04 Å². The first-order valence-corrected chi connectivity index (χ1v) is 14.0. The minimum atomic E-state index is -0.307. The van der Waals surface area contributed by atoms with Crippen molar-refractivity contribution < 1.29 is 9.59 Å². The maximum absolute atomic E-state index is 13.3. The molecule has 3 aromatic rings. The average Bonchev–Trinajstić information content (AvgIpc) is 2.90. The molecular formula is C30H34N4O2S. The number of rotatable bonds is 6. The number of nitrogens with one attached hydrogen (secondary N) is 2. The van der Waals surface area contributed by atoms with Crippen LogP contribution in [0.4, 0.5) is 17.1 Å². The molecule has 2 aliphatic rings. The quantitative estimate of drug-likeness (QED) is 0.466. The largest absolute Gasteiger partial charge is 0.371 e. The standard InChI is InChI=1S/C30H34N4O2S/c1-20-8-11-25(12-9-20)34-15-14-33(17-22(34)3)30(36)23-10-13-26-27(16-23)32-29(35)28(31-26)19-37-18-24-7-5-4-6-21(24)2/h4-13,16,22,28,31H,14-15,17-19H2,1-3H3,(H,32,35). The van der Waals surface area contributed by atoms with Crippen LogP contribution in [0.3, 0.4) is 0 Å². The van der Waals surface area contributed by atoms with Crippen molar-refractivity contribution in [3.63, 3.8) is 0 Å². The van der Waals surface area contributed by atoms with Crippen molar-refractivity contribution in [1.82, 2.24) is 4.90 Å². The van der Waals surface area contributed by atoms with Crippen LogP contribution in [0, 0.1) is 13.8 Å². The molecule has 0 spiro atoms. The summed E-state index contributed by atoms with van der Waals surface area (Å²) in [6.45, 7) is 8.48. The van der Waals surface area contributed by atoms with Crippen LogP contribution < -0.4 is 15.5 Å². The topological polar surface area (TPSA) is 64.7 Å². The van der Waals surface area contributed by atoms with Gasteiger partial charge >= 0.3 is 0 Å². The molecule has 5 rings (SSSR count). The van der Waals surface area contributed by atoms with Gasteiger partial charge in [-0.3, -0.25) is 9.59 Å². The van der Waals surface area contributed by atoms with Crippen LogP contribution in [0.15, 0.2) is 66.7 Å². The molecule has 0 saturated carbocycles. The summed E-state index contributed by atoms with van der Waals surface area (Å²) < 4.78 is 0. The molecule has 2 heterocycles. The molecule has 3 aromatic carbocycles. The van der Waals surface area contributed by atoms with Gasteiger partial charge in [-0.15, -0.1) is 0 Å². The second-order valence-corrected chi connectivity index (χ2v) is 11.0. The van der Waals surface area contributed by atoms with Crippen LogP contribution >= 0.6 is 11.8 Å². The van der Waals surface area contributed by atoms with Crippen molar-refractivity contribution in [2.75, 3.05) is 40.9 Å². The van der Waals surface area contributed by atoms with Crippen LogP contribution in [0.1, 0.15) is 34.0 Å². The molecule has 2 atom stereocenters. The van der Waals surface area contributed by atoms with Crippen LogP contribution in [0.25, 0.3) is 0 Å². The fraction of sp³-hybridized carbons (Fsp3) is 0.333. The van der Waals surface area contributed by atoms with E-state index in [2.05, 4.69) is 72.7 Å². The fourth-order valence-corrected chi connectivity index (χ4v) is 6.13. The summed E-state index contributed by atoms with van der Waals surface area (Å²) in [5.74, 6) is 1.48. The third-order valence-corrected chi connectivity index (χ3v) is 8.34. The fourth-order valence-electron chi connectivity index (χ4n) is 5.00. The van der Waals surface area contributed by atoms with E-state index in [1.807, 2.05) is 29.2 Å². The number of nitrogens with zero attached hydrogens (tertiary/aromatic N) is 2. The molecule has 0 radical (unpaired) electrons. The summed E-state index contributed by atoms with van der Waals surface area (Å²) in [5, 5.41) is 6.38. The predicted molar refractivity (Wildman–Crippen MR) is 154 cm³/mol. The van der Waals surface area contributed by atoms with Crippen molar-refractivity contribution in [2.24, 2.45) is 0 Å². The van der Waals surface area contributed by atoms with Gasteiger partial charge in [-0.1, -0.05) is 42.0 Å². The monoisotopic (exact) mass is 514 g/mol. The van der Waals surface area contributed by atoms with E-state index in [1.165, 1.54) is 22.4 Å². The highest BCUT2D eigenvalue weighted by Gasteiger charge is 2.30. The minimum absolute atomic E-state index is 0.00312. The van der Waals surface area contributed by atoms with Crippen LogP contribution in [-0.4, -0.2) is 54.2 Å². The number of fused-ring (bicyclic) bond motifs is 1. The van der Waals surface area contributed by atoms with Crippen LogP contribution in [0.5, 0.6) is 0 Å². The van der Waals surface area contributed by atoms with Gasteiger partial charge in [-0.25, -0.2) is 0 Å². The average molecular weight is 515 g/mol. The summed E-state index contributed by atoms with van der Waals surface area (Å²) in [7, 11) is 0. The molecule has 7 heteroatoms. The number of hydrogen-bond donors (Lipinski definition) is 2. The van der Waals surface area contributed by atoms with Gasteiger partial charge < -0.3 is 20.4 Å². The highest BCUT2D eigenvalue weighted by atomic mass is 32.2. The zero-order valence-electron chi connectivity index (χ0n) is 21.7. The SMILES string of the molecule is Cc1ccc(N2CCN(C(=O)c3ccc4c(c3)NC(=O)C(CSCc3ccccc3C)N4)CC2C)cc1. The number of anilines is 3. The lowest BCUT2D eigenvalue weighted by Crippen LogP contribution is -2.53. The summed E-state index contributed by atoms with van der Waals surface area (Å²) in [6, 6.07) is 22.4. The lowest BCUT2D eigenvalue weighted by molar-refractivity contribution is -0.116. The number of aryl methyl sites for hydroxylation is 2. The molecule has 6 nitrogen and oxygen atoms in total. The number of thioether (sulfide) groups is 1. The van der Waals surface area contributed by atoms with E-state index in [1.54, 1.807) is 17.8 Å². The Morgan fingerprint density at radius 2 is 1.78 bits per heavy atom. The first-order valence-electron chi connectivity index (χ1n) is 12.9. The third kappa shape index (κ3) is 5.62. The second-order valence-electron chi connectivity index (χ2n) is 10.0. The van der Waals surface area contributed by atoms with Crippen molar-refractivity contribution in [1.29, 1.82) is 0 Å². The number of carbonyl (C=O) groups excluding carboxylic acids is 2. The van der Waals surface area contributed by atoms with Gasteiger partial charge in [-0.2, -0.15) is 11.8 Å². The van der Waals surface area contributed by atoms with E-state index < -0.39 is 0 Å². The molecule has 0 aromatic heterocycles. The summed E-state index contributed by atoms with van der Waals surface area (Å²) in [4.78, 5) is 30.4. The predicted octanol–water partition coefficient (Wildman–Crippen LogP) is 5.32. The van der Waals surface area contributed by atoms with Crippen molar-refractivity contribution in [3.8, 4) is 0 Å². The second kappa shape index (κ2) is 10.9. The Balaban J connectivity index is 1.19. The Kier molecular flexibility index (Phi) is 7.42. The zero-order valence-corrected chi connectivity index (χ0v) is 22.5. The number of piperazine rings is 1.